The Kier molecular flexibility index (Phi) is 3.51. The summed E-state index contributed by atoms with van der Waals surface area (Å²) in [6.07, 6.45) is 5.53. The fourth-order valence-corrected chi connectivity index (χ4v) is 2.10. The molecule has 0 fully saturated rings. The summed E-state index contributed by atoms with van der Waals surface area (Å²) in [6.45, 7) is 5.32. The van der Waals surface area contributed by atoms with E-state index in [1.807, 2.05) is 24.5 Å². The number of nitrogens with zero attached hydrogens (tertiary/aromatic N) is 2. The normalized spacial score (nSPS) is 10.7. The van der Waals surface area contributed by atoms with E-state index < -0.39 is 0 Å². The van der Waals surface area contributed by atoms with E-state index in [1.54, 1.807) is 17.5 Å². The molecule has 2 rings (SSSR count). The van der Waals surface area contributed by atoms with E-state index in [4.69, 9.17) is 0 Å². The number of nitrogens with one attached hydrogen (secondary N) is 1. The zero-order valence-corrected chi connectivity index (χ0v) is 10.3. The summed E-state index contributed by atoms with van der Waals surface area (Å²) in [5.74, 6) is 0.630. The second kappa shape index (κ2) is 5.07. The van der Waals surface area contributed by atoms with Crippen molar-refractivity contribution in [2.24, 2.45) is 5.92 Å². The van der Waals surface area contributed by atoms with Gasteiger partial charge < -0.3 is 5.32 Å². The van der Waals surface area contributed by atoms with Gasteiger partial charge >= 0.3 is 0 Å². The van der Waals surface area contributed by atoms with E-state index >= 15 is 0 Å². The van der Waals surface area contributed by atoms with Gasteiger partial charge in [-0.1, -0.05) is 31.3 Å². The van der Waals surface area contributed by atoms with Crippen molar-refractivity contribution in [3.05, 3.63) is 30.7 Å². The standard InChI is InChI=1S/C12H15N3S/c1-9(2)6-14-12-15-8-11(16-12)10-4-3-5-13-7-10/h3-5,7-9H,6H2,1-2H3,(H,14,15). The maximum atomic E-state index is 4.34. The van der Waals surface area contributed by atoms with E-state index in [0.717, 1.165) is 22.1 Å². The molecule has 0 bridgehead atoms. The highest BCUT2D eigenvalue weighted by molar-refractivity contribution is 7.18. The first-order valence-electron chi connectivity index (χ1n) is 5.36. The van der Waals surface area contributed by atoms with Gasteiger partial charge in [0.05, 0.1) is 4.88 Å². The third-order valence-corrected chi connectivity index (χ3v) is 3.12. The minimum Gasteiger partial charge on any atom is -0.361 e. The zero-order chi connectivity index (χ0) is 11.4. The van der Waals surface area contributed by atoms with E-state index in [1.165, 1.54) is 0 Å². The lowest BCUT2D eigenvalue weighted by molar-refractivity contribution is 0.688. The van der Waals surface area contributed by atoms with Gasteiger partial charge in [0, 0.05) is 30.7 Å². The highest BCUT2D eigenvalue weighted by Gasteiger charge is 2.04. The van der Waals surface area contributed by atoms with Gasteiger partial charge in [0.15, 0.2) is 5.13 Å². The number of hydrogen-bond acceptors (Lipinski definition) is 4. The fourth-order valence-electron chi connectivity index (χ4n) is 1.29. The summed E-state index contributed by atoms with van der Waals surface area (Å²) < 4.78 is 0. The van der Waals surface area contributed by atoms with Crippen molar-refractivity contribution in [3.63, 3.8) is 0 Å². The van der Waals surface area contributed by atoms with Crippen LogP contribution in [0.4, 0.5) is 5.13 Å². The van der Waals surface area contributed by atoms with Gasteiger partial charge in [0.25, 0.3) is 0 Å². The van der Waals surface area contributed by atoms with Gasteiger partial charge in [-0.25, -0.2) is 4.98 Å². The maximum Gasteiger partial charge on any atom is 0.183 e. The molecule has 4 heteroatoms. The van der Waals surface area contributed by atoms with Crippen molar-refractivity contribution in [2.75, 3.05) is 11.9 Å². The molecule has 0 spiro atoms. The molecule has 0 saturated heterocycles. The second-order valence-corrected chi connectivity index (χ2v) is 5.08. The topological polar surface area (TPSA) is 37.8 Å². The van der Waals surface area contributed by atoms with Crippen LogP contribution in [0.25, 0.3) is 10.4 Å². The van der Waals surface area contributed by atoms with Crippen LogP contribution in [0, 0.1) is 5.92 Å². The fraction of sp³-hybridized carbons (Fsp3) is 0.333. The smallest absolute Gasteiger partial charge is 0.183 e. The molecule has 1 N–H and O–H groups in total. The minimum absolute atomic E-state index is 0.630. The molecule has 2 aromatic heterocycles. The molecule has 16 heavy (non-hydrogen) atoms. The molecule has 3 nitrogen and oxygen atoms in total. The Morgan fingerprint density at radius 1 is 1.38 bits per heavy atom. The number of hydrogen-bond donors (Lipinski definition) is 1. The molecule has 2 heterocycles. The number of rotatable bonds is 4. The van der Waals surface area contributed by atoms with Gasteiger partial charge in [0.1, 0.15) is 0 Å². The van der Waals surface area contributed by atoms with Crippen molar-refractivity contribution in [2.45, 2.75) is 13.8 Å². The molecule has 84 valence electrons. The van der Waals surface area contributed by atoms with Crippen molar-refractivity contribution in [1.29, 1.82) is 0 Å². The minimum atomic E-state index is 0.630. The molecule has 0 aliphatic rings. The molecule has 0 atom stereocenters. The lowest BCUT2D eigenvalue weighted by Gasteiger charge is -2.04. The summed E-state index contributed by atoms with van der Waals surface area (Å²) in [7, 11) is 0. The van der Waals surface area contributed by atoms with Crippen molar-refractivity contribution < 1.29 is 0 Å². The first kappa shape index (κ1) is 11.1. The Morgan fingerprint density at radius 3 is 2.94 bits per heavy atom. The third kappa shape index (κ3) is 2.79. The molecule has 0 aliphatic heterocycles. The average Bonchev–Trinajstić information content (AvgIpc) is 2.76. The van der Waals surface area contributed by atoms with Crippen molar-refractivity contribution in [1.82, 2.24) is 9.97 Å². The van der Waals surface area contributed by atoms with Crippen LogP contribution in [0.3, 0.4) is 0 Å². The molecule has 0 aliphatic carbocycles. The first-order valence-corrected chi connectivity index (χ1v) is 6.17. The van der Waals surface area contributed by atoms with E-state index in [-0.39, 0.29) is 0 Å². The van der Waals surface area contributed by atoms with Crippen LogP contribution in [0.2, 0.25) is 0 Å². The summed E-state index contributed by atoms with van der Waals surface area (Å²) in [6, 6.07) is 3.99. The Bertz CT molecular complexity index is 437. The molecule has 0 aromatic carbocycles. The maximum absolute atomic E-state index is 4.34. The largest absolute Gasteiger partial charge is 0.361 e. The van der Waals surface area contributed by atoms with Crippen LogP contribution in [0.1, 0.15) is 13.8 Å². The average molecular weight is 233 g/mol. The Morgan fingerprint density at radius 2 is 2.25 bits per heavy atom. The quantitative estimate of drug-likeness (QED) is 0.880. The highest BCUT2D eigenvalue weighted by Crippen LogP contribution is 2.28. The lowest BCUT2D eigenvalue weighted by Crippen LogP contribution is -2.07. The number of anilines is 1. The summed E-state index contributed by atoms with van der Waals surface area (Å²) in [5.41, 5.74) is 1.12. The molecular weight excluding hydrogens is 218 g/mol. The molecule has 2 aromatic rings. The first-order chi connectivity index (χ1) is 7.75. The Hall–Kier alpha value is -1.42. The van der Waals surface area contributed by atoms with Crippen LogP contribution in [0.5, 0.6) is 0 Å². The van der Waals surface area contributed by atoms with Crippen LogP contribution in [-0.4, -0.2) is 16.5 Å². The predicted molar refractivity (Wildman–Crippen MR) is 68.7 cm³/mol. The van der Waals surface area contributed by atoms with Gasteiger partial charge in [0.2, 0.25) is 0 Å². The molecule has 0 saturated carbocycles. The van der Waals surface area contributed by atoms with Crippen LogP contribution in [-0.2, 0) is 0 Å². The highest BCUT2D eigenvalue weighted by atomic mass is 32.1. The van der Waals surface area contributed by atoms with Crippen molar-refractivity contribution in [3.8, 4) is 10.4 Å². The van der Waals surface area contributed by atoms with Crippen molar-refractivity contribution >= 4 is 16.5 Å². The van der Waals surface area contributed by atoms with E-state index in [0.29, 0.717) is 5.92 Å². The SMILES string of the molecule is CC(C)CNc1ncc(-c2cccnc2)s1. The van der Waals surface area contributed by atoms with E-state index in [9.17, 15) is 0 Å². The number of thiazole rings is 1. The molecule has 0 radical (unpaired) electrons. The van der Waals surface area contributed by atoms with Gasteiger partial charge in [-0.3, -0.25) is 4.98 Å². The Balaban J connectivity index is 2.08. The lowest BCUT2D eigenvalue weighted by atomic mass is 10.2. The van der Waals surface area contributed by atoms with E-state index in [2.05, 4.69) is 29.1 Å². The third-order valence-electron chi connectivity index (χ3n) is 2.11. The van der Waals surface area contributed by atoms with Gasteiger partial charge in [-0.15, -0.1) is 0 Å². The summed E-state index contributed by atoms with van der Waals surface area (Å²) in [5, 5.41) is 4.30. The Labute approximate surface area is 99.6 Å². The number of pyridine rings is 1. The van der Waals surface area contributed by atoms with Crippen LogP contribution >= 0.6 is 11.3 Å². The van der Waals surface area contributed by atoms with Gasteiger partial charge in [-0.2, -0.15) is 0 Å². The summed E-state index contributed by atoms with van der Waals surface area (Å²) in [4.78, 5) is 9.60. The molecular formula is C12H15N3S. The molecule has 0 unspecified atom stereocenters. The summed E-state index contributed by atoms with van der Waals surface area (Å²) >= 11 is 1.67. The van der Waals surface area contributed by atoms with Crippen LogP contribution in [0.15, 0.2) is 30.7 Å². The van der Waals surface area contributed by atoms with Gasteiger partial charge in [-0.05, 0) is 12.0 Å². The van der Waals surface area contributed by atoms with Crippen LogP contribution < -0.4 is 5.32 Å². The predicted octanol–water partition coefficient (Wildman–Crippen LogP) is 3.27. The monoisotopic (exact) mass is 233 g/mol. The molecule has 0 amide bonds. The zero-order valence-electron chi connectivity index (χ0n) is 9.47. The number of aromatic nitrogens is 2. The second-order valence-electron chi connectivity index (χ2n) is 4.05.